The van der Waals surface area contributed by atoms with E-state index in [0.717, 1.165) is 0 Å². The van der Waals surface area contributed by atoms with Crippen molar-refractivity contribution >= 4 is 44.2 Å². The highest BCUT2D eigenvalue weighted by Gasteiger charge is 2.35. The van der Waals surface area contributed by atoms with E-state index < -0.39 is 16.1 Å². The molecule has 3 aromatic rings. The lowest BCUT2D eigenvalue weighted by Gasteiger charge is -2.13. The first-order chi connectivity index (χ1) is 12.4. The molecule has 4 rings (SSSR count). The zero-order valence-electron chi connectivity index (χ0n) is 14.0. The second kappa shape index (κ2) is 5.67. The average Bonchev–Trinajstić information content (AvgIpc) is 2.82. The standard InChI is InChI=1S/C17H15N5O3S/c1-21-15-8-7-11(9-16(15)22(2)26(21,24)25)19-17(23)14-10-18-12-5-3-4-6-13(12)20-14/h3-10H,1-2H3,(H,19,23). The van der Waals surface area contributed by atoms with Gasteiger partial charge in [-0.3, -0.25) is 18.4 Å². The highest BCUT2D eigenvalue weighted by Crippen LogP contribution is 2.40. The van der Waals surface area contributed by atoms with Crippen LogP contribution < -0.4 is 13.9 Å². The summed E-state index contributed by atoms with van der Waals surface area (Å²) >= 11 is 0. The van der Waals surface area contributed by atoms with E-state index in [0.29, 0.717) is 28.1 Å². The number of hydrogen-bond acceptors (Lipinski definition) is 5. The number of carbonyl (C=O) groups excluding carboxylic acids is 1. The monoisotopic (exact) mass is 369 g/mol. The molecule has 2 heterocycles. The molecule has 0 saturated carbocycles. The molecule has 0 unspecified atom stereocenters. The molecule has 0 fully saturated rings. The number of amides is 1. The number of rotatable bonds is 2. The third-order valence-electron chi connectivity index (χ3n) is 4.29. The van der Waals surface area contributed by atoms with Gasteiger partial charge in [0.25, 0.3) is 5.91 Å². The van der Waals surface area contributed by atoms with Crippen molar-refractivity contribution in [3.05, 3.63) is 54.4 Å². The van der Waals surface area contributed by atoms with Gasteiger partial charge in [0.2, 0.25) is 0 Å². The number of hydrogen-bond donors (Lipinski definition) is 1. The highest BCUT2D eigenvalue weighted by atomic mass is 32.2. The van der Waals surface area contributed by atoms with Crippen LogP contribution in [0.5, 0.6) is 0 Å². The van der Waals surface area contributed by atoms with E-state index in [1.165, 1.54) is 28.9 Å². The molecule has 1 aromatic heterocycles. The molecule has 132 valence electrons. The summed E-state index contributed by atoms with van der Waals surface area (Å²) in [6, 6.07) is 12.2. The second-order valence-electron chi connectivity index (χ2n) is 5.84. The number of anilines is 3. The summed E-state index contributed by atoms with van der Waals surface area (Å²) in [5.74, 6) is -0.417. The van der Waals surface area contributed by atoms with Crippen LogP contribution in [0, 0.1) is 0 Å². The first-order valence-electron chi connectivity index (χ1n) is 7.78. The number of nitrogens with zero attached hydrogens (tertiary/aromatic N) is 4. The van der Waals surface area contributed by atoms with Gasteiger partial charge in [0.05, 0.1) is 28.6 Å². The maximum atomic E-state index is 12.5. The van der Waals surface area contributed by atoms with Crippen LogP contribution in [0.25, 0.3) is 11.0 Å². The van der Waals surface area contributed by atoms with Crippen molar-refractivity contribution in [2.75, 3.05) is 28.0 Å². The van der Waals surface area contributed by atoms with Crippen LogP contribution in [-0.4, -0.2) is 38.4 Å². The smallest absolute Gasteiger partial charge is 0.321 e. The molecule has 1 amide bonds. The fourth-order valence-electron chi connectivity index (χ4n) is 2.81. The van der Waals surface area contributed by atoms with E-state index >= 15 is 0 Å². The lowest BCUT2D eigenvalue weighted by Crippen LogP contribution is -2.32. The summed E-state index contributed by atoms with van der Waals surface area (Å²) in [5.41, 5.74) is 3.03. The third kappa shape index (κ3) is 2.44. The van der Waals surface area contributed by atoms with Crippen LogP contribution in [0.4, 0.5) is 17.1 Å². The van der Waals surface area contributed by atoms with Gasteiger partial charge in [0, 0.05) is 19.8 Å². The maximum Gasteiger partial charge on any atom is 0.326 e. The fraction of sp³-hybridized carbons (Fsp3) is 0.118. The van der Waals surface area contributed by atoms with Crippen molar-refractivity contribution in [3.63, 3.8) is 0 Å². The summed E-state index contributed by atoms with van der Waals surface area (Å²) in [6.07, 6.45) is 1.41. The van der Waals surface area contributed by atoms with Gasteiger partial charge < -0.3 is 5.32 Å². The van der Waals surface area contributed by atoms with E-state index in [9.17, 15) is 13.2 Å². The molecule has 1 aliphatic rings. The molecule has 9 heteroatoms. The molecule has 0 radical (unpaired) electrons. The SMILES string of the molecule is CN1c2ccc(NC(=O)c3cnc4ccccc4n3)cc2N(C)S1(=O)=O. The molecule has 1 aliphatic heterocycles. The van der Waals surface area contributed by atoms with Crippen molar-refractivity contribution in [2.24, 2.45) is 0 Å². The first kappa shape index (κ1) is 16.3. The second-order valence-corrected chi connectivity index (χ2v) is 7.84. The van der Waals surface area contributed by atoms with E-state index in [1.54, 1.807) is 24.3 Å². The Kier molecular flexibility index (Phi) is 3.55. The molecule has 0 saturated heterocycles. The van der Waals surface area contributed by atoms with Crippen molar-refractivity contribution in [2.45, 2.75) is 0 Å². The van der Waals surface area contributed by atoms with Crippen molar-refractivity contribution in [1.82, 2.24) is 9.97 Å². The van der Waals surface area contributed by atoms with Crippen LogP contribution in [0.1, 0.15) is 10.5 Å². The molecular formula is C17H15N5O3S. The number of para-hydroxylation sites is 2. The Balaban J connectivity index is 1.64. The Morgan fingerprint density at radius 3 is 2.46 bits per heavy atom. The van der Waals surface area contributed by atoms with Crippen LogP contribution in [0.3, 0.4) is 0 Å². The van der Waals surface area contributed by atoms with E-state index in [4.69, 9.17) is 0 Å². The Morgan fingerprint density at radius 1 is 1.00 bits per heavy atom. The zero-order chi connectivity index (χ0) is 18.5. The molecule has 0 atom stereocenters. The molecule has 8 nitrogen and oxygen atoms in total. The van der Waals surface area contributed by atoms with Crippen LogP contribution in [0.15, 0.2) is 48.7 Å². The van der Waals surface area contributed by atoms with Gasteiger partial charge in [-0.25, -0.2) is 4.98 Å². The minimum atomic E-state index is -3.55. The van der Waals surface area contributed by atoms with Crippen LogP contribution in [0.2, 0.25) is 0 Å². The molecule has 0 spiro atoms. The summed E-state index contributed by atoms with van der Waals surface area (Å²) in [7, 11) is -0.596. The van der Waals surface area contributed by atoms with Gasteiger partial charge in [-0.05, 0) is 30.3 Å². The highest BCUT2D eigenvalue weighted by molar-refractivity contribution is 7.94. The quantitative estimate of drug-likeness (QED) is 0.745. The van der Waals surface area contributed by atoms with E-state index in [1.807, 2.05) is 18.2 Å². The molecular weight excluding hydrogens is 354 g/mol. The Morgan fingerprint density at radius 2 is 1.69 bits per heavy atom. The molecule has 0 bridgehead atoms. The number of carbonyl (C=O) groups is 1. The minimum Gasteiger partial charge on any atom is -0.321 e. The molecule has 0 aliphatic carbocycles. The first-order valence-corrected chi connectivity index (χ1v) is 9.17. The molecule has 1 N–H and O–H groups in total. The van der Waals surface area contributed by atoms with Gasteiger partial charge in [-0.2, -0.15) is 8.42 Å². The predicted molar refractivity (Wildman–Crippen MR) is 99.7 cm³/mol. The lowest BCUT2D eigenvalue weighted by atomic mass is 10.2. The Hall–Kier alpha value is -3.20. The van der Waals surface area contributed by atoms with Gasteiger partial charge in [0.15, 0.2) is 0 Å². The van der Waals surface area contributed by atoms with Crippen molar-refractivity contribution in [3.8, 4) is 0 Å². The predicted octanol–water partition coefficient (Wildman–Crippen LogP) is 2.01. The third-order valence-corrected chi connectivity index (χ3v) is 6.06. The summed E-state index contributed by atoms with van der Waals surface area (Å²) < 4.78 is 26.7. The summed E-state index contributed by atoms with van der Waals surface area (Å²) in [6.45, 7) is 0. The number of nitrogens with one attached hydrogen (secondary N) is 1. The minimum absolute atomic E-state index is 0.183. The van der Waals surface area contributed by atoms with Gasteiger partial charge in [-0.1, -0.05) is 12.1 Å². The van der Waals surface area contributed by atoms with Crippen LogP contribution >= 0.6 is 0 Å². The normalized spacial score (nSPS) is 15.2. The average molecular weight is 369 g/mol. The lowest BCUT2D eigenvalue weighted by molar-refractivity contribution is 0.102. The fourth-order valence-corrected chi connectivity index (χ4v) is 3.98. The Labute approximate surface area is 150 Å². The van der Waals surface area contributed by atoms with Gasteiger partial charge in [-0.15, -0.1) is 0 Å². The number of aromatic nitrogens is 2. The van der Waals surface area contributed by atoms with Crippen molar-refractivity contribution < 1.29 is 13.2 Å². The number of fused-ring (bicyclic) bond motifs is 2. The molecule has 2 aromatic carbocycles. The van der Waals surface area contributed by atoms with Gasteiger partial charge in [0.1, 0.15) is 5.69 Å². The molecule has 26 heavy (non-hydrogen) atoms. The summed E-state index contributed by atoms with van der Waals surface area (Å²) in [5, 5.41) is 2.73. The van der Waals surface area contributed by atoms with E-state index in [2.05, 4.69) is 15.3 Å². The van der Waals surface area contributed by atoms with Crippen LogP contribution in [-0.2, 0) is 10.2 Å². The van der Waals surface area contributed by atoms with Crippen molar-refractivity contribution in [1.29, 1.82) is 0 Å². The maximum absolute atomic E-state index is 12.5. The van der Waals surface area contributed by atoms with Gasteiger partial charge >= 0.3 is 10.2 Å². The largest absolute Gasteiger partial charge is 0.326 e. The zero-order valence-corrected chi connectivity index (χ0v) is 14.9. The Bertz CT molecular complexity index is 1150. The number of benzene rings is 2. The topological polar surface area (TPSA) is 95.5 Å². The van der Waals surface area contributed by atoms with E-state index in [-0.39, 0.29) is 5.69 Å². The summed E-state index contributed by atoms with van der Waals surface area (Å²) in [4.78, 5) is 21.0.